The van der Waals surface area contributed by atoms with Crippen molar-refractivity contribution in [1.29, 1.82) is 0 Å². The maximum Gasteiger partial charge on any atom is 0.336 e. The number of anilines is 1. The summed E-state index contributed by atoms with van der Waals surface area (Å²) in [6.07, 6.45) is 0.0795. The van der Waals surface area contributed by atoms with E-state index in [0.29, 0.717) is 22.7 Å². The van der Waals surface area contributed by atoms with E-state index < -0.39 is 17.7 Å². The number of hydrogen-bond donors (Lipinski definition) is 0. The third-order valence-electron chi connectivity index (χ3n) is 4.77. The number of cyclic esters (lactones) is 1. The maximum absolute atomic E-state index is 13.5. The number of hydrogen-bond acceptors (Lipinski definition) is 4. The Balaban J connectivity index is 1.82. The minimum Gasteiger partial charge on any atom is -0.497 e. The number of rotatable bonds is 3. The lowest BCUT2D eigenvalue weighted by atomic mass is 9.84. The Labute approximate surface area is 159 Å². The molecule has 0 aromatic heterocycles. The summed E-state index contributed by atoms with van der Waals surface area (Å²) >= 11 is 5.87. The summed E-state index contributed by atoms with van der Waals surface area (Å²) in [7, 11) is 1.56. The minimum atomic E-state index is -0.577. The molecule has 0 saturated heterocycles. The van der Waals surface area contributed by atoms with Gasteiger partial charge in [0.25, 0.3) is 0 Å². The van der Waals surface area contributed by atoms with Crippen molar-refractivity contribution >= 4 is 29.2 Å². The van der Waals surface area contributed by atoms with E-state index in [-0.39, 0.29) is 24.0 Å². The van der Waals surface area contributed by atoms with Gasteiger partial charge in [0, 0.05) is 12.3 Å². The Morgan fingerprint density at radius 2 is 2.04 bits per heavy atom. The highest BCUT2D eigenvalue weighted by atomic mass is 35.5. The highest BCUT2D eigenvalue weighted by Gasteiger charge is 2.43. The van der Waals surface area contributed by atoms with E-state index >= 15 is 0 Å². The largest absolute Gasteiger partial charge is 0.497 e. The van der Waals surface area contributed by atoms with Crippen molar-refractivity contribution in [2.45, 2.75) is 12.3 Å². The zero-order valence-electron chi connectivity index (χ0n) is 14.4. The highest BCUT2D eigenvalue weighted by molar-refractivity contribution is 6.31. The Kier molecular flexibility index (Phi) is 4.36. The van der Waals surface area contributed by atoms with E-state index in [1.54, 1.807) is 19.2 Å². The molecule has 2 aliphatic rings. The molecule has 0 unspecified atom stereocenters. The van der Waals surface area contributed by atoms with Gasteiger partial charge in [0.05, 0.1) is 29.1 Å². The molecule has 0 fully saturated rings. The molecule has 2 heterocycles. The molecule has 0 bridgehead atoms. The molecular weight excluding hydrogens is 373 g/mol. The smallest absolute Gasteiger partial charge is 0.336 e. The first-order valence-corrected chi connectivity index (χ1v) is 8.69. The lowest BCUT2D eigenvalue weighted by molar-refractivity contribution is -0.136. The van der Waals surface area contributed by atoms with E-state index in [1.165, 1.54) is 23.1 Å². The van der Waals surface area contributed by atoms with Gasteiger partial charge in [-0.1, -0.05) is 23.7 Å². The van der Waals surface area contributed by atoms with Crippen LogP contribution in [0.2, 0.25) is 5.02 Å². The standard InChI is InChI=1S/C20H15ClFNO4/c1-26-13-4-2-3-11(7-13)14-9-18(24)23(17-10-27-20(25)19(14)17)12-5-6-16(22)15(21)8-12/h2-8,14H,9-10H2,1H3/t14-/m1/s1. The van der Waals surface area contributed by atoms with Crippen LogP contribution in [0.4, 0.5) is 10.1 Å². The van der Waals surface area contributed by atoms with E-state index in [9.17, 15) is 14.0 Å². The zero-order valence-corrected chi connectivity index (χ0v) is 15.1. The number of methoxy groups -OCH3 is 1. The van der Waals surface area contributed by atoms with Gasteiger partial charge in [0.15, 0.2) is 0 Å². The van der Waals surface area contributed by atoms with Crippen molar-refractivity contribution in [2.24, 2.45) is 0 Å². The number of carbonyl (C=O) groups is 2. The van der Waals surface area contributed by atoms with Crippen molar-refractivity contribution in [1.82, 2.24) is 0 Å². The second-order valence-corrected chi connectivity index (χ2v) is 6.70. The first-order chi connectivity index (χ1) is 13.0. The molecule has 0 aliphatic carbocycles. The van der Waals surface area contributed by atoms with Crippen LogP contribution in [-0.4, -0.2) is 25.6 Å². The summed E-state index contributed by atoms with van der Waals surface area (Å²) in [5.41, 5.74) is 2.10. The number of benzene rings is 2. The first-order valence-electron chi connectivity index (χ1n) is 8.31. The number of ether oxygens (including phenoxy) is 2. The molecule has 5 nitrogen and oxygen atoms in total. The van der Waals surface area contributed by atoms with Crippen LogP contribution in [-0.2, 0) is 14.3 Å². The Morgan fingerprint density at radius 1 is 1.22 bits per heavy atom. The highest BCUT2D eigenvalue weighted by Crippen LogP contribution is 2.42. The Hall–Kier alpha value is -2.86. The van der Waals surface area contributed by atoms with Gasteiger partial charge in [0.2, 0.25) is 5.91 Å². The summed E-state index contributed by atoms with van der Waals surface area (Å²) < 4.78 is 24.0. The fraction of sp³-hybridized carbons (Fsp3) is 0.200. The quantitative estimate of drug-likeness (QED) is 0.751. The molecule has 0 N–H and O–H groups in total. The first kappa shape index (κ1) is 17.5. The molecule has 0 saturated carbocycles. The second kappa shape index (κ2) is 6.70. The number of esters is 1. The van der Waals surface area contributed by atoms with Crippen molar-refractivity contribution in [3.8, 4) is 5.75 Å². The van der Waals surface area contributed by atoms with Crippen LogP contribution in [0.5, 0.6) is 5.75 Å². The average Bonchev–Trinajstić information content (AvgIpc) is 3.05. The summed E-state index contributed by atoms with van der Waals surface area (Å²) in [4.78, 5) is 26.7. The van der Waals surface area contributed by atoms with Gasteiger partial charge in [0.1, 0.15) is 18.2 Å². The third kappa shape index (κ3) is 2.96. The van der Waals surface area contributed by atoms with Crippen molar-refractivity contribution in [3.05, 3.63) is 70.1 Å². The number of nitrogens with zero attached hydrogens (tertiary/aromatic N) is 1. The molecule has 7 heteroatoms. The van der Waals surface area contributed by atoms with Crippen LogP contribution in [0.25, 0.3) is 0 Å². The van der Waals surface area contributed by atoms with Crippen LogP contribution in [0.15, 0.2) is 53.7 Å². The van der Waals surface area contributed by atoms with Gasteiger partial charge in [-0.2, -0.15) is 0 Å². The number of carbonyl (C=O) groups excluding carboxylic acids is 2. The third-order valence-corrected chi connectivity index (χ3v) is 5.06. The fourth-order valence-corrected chi connectivity index (χ4v) is 3.70. The molecule has 2 aromatic rings. The molecule has 2 aliphatic heterocycles. The van der Waals surface area contributed by atoms with Gasteiger partial charge in [-0.05, 0) is 35.9 Å². The van der Waals surface area contributed by atoms with Gasteiger partial charge < -0.3 is 9.47 Å². The van der Waals surface area contributed by atoms with Gasteiger partial charge in [-0.15, -0.1) is 0 Å². The SMILES string of the molecule is COc1cccc([C@H]2CC(=O)N(c3ccc(F)c(Cl)c3)C3=C2C(=O)OC3)c1. The summed E-state index contributed by atoms with van der Waals surface area (Å²) in [6, 6.07) is 11.3. The summed E-state index contributed by atoms with van der Waals surface area (Å²) in [5.74, 6) is -1.04. The minimum absolute atomic E-state index is 0.0185. The average molecular weight is 388 g/mol. The van der Waals surface area contributed by atoms with Crippen molar-refractivity contribution in [2.75, 3.05) is 18.6 Å². The predicted molar refractivity (Wildman–Crippen MR) is 97.2 cm³/mol. The molecule has 27 heavy (non-hydrogen) atoms. The van der Waals surface area contributed by atoms with Crippen LogP contribution >= 0.6 is 11.6 Å². The van der Waals surface area contributed by atoms with Crippen LogP contribution in [0.1, 0.15) is 17.9 Å². The molecule has 1 amide bonds. The van der Waals surface area contributed by atoms with E-state index in [2.05, 4.69) is 0 Å². The van der Waals surface area contributed by atoms with Gasteiger partial charge in [-0.25, -0.2) is 9.18 Å². The molecule has 2 aromatic carbocycles. The van der Waals surface area contributed by atoms with E-state index in [4.69, 9.17) is 21.1 Å². The number of halogens is 2. The Bertz CT molecular complexity index is 988. The molecule has 1 atom stereocenters. The van der Waals surface area contributed by atoms with Crippen LogP contribution < -0.4 is 9.64 Å². The molecule has 0 spiro atoms. The van der Waals surface area contributed by atoms with Gasteiger partial charge >= 0.3 is 5.97 Å². The predicted octanol–water partition coefficient (Wildman–Crippen LogP) is 3.82. The summed E-state index contributed by atoms with van der Waals surface area (Å²) in [5, 5.41) is -0.0948. The van der Waals surface area contributed by atoms with Crippen LogP contribution in [0, 0.1) is 5.82 Å². The van der Waals surface area contributed by atoms with E-state index in [1.807, 2.05) is 12.1 Å². The maximum atomic E-state index is 13.5. The van der Waals surface area contributed by atoms with Crippen molar-refractivity contribution < 1.29 is 23.5 Å². The lowest BCUT2D eigenvalue weighted by Crippen LogP contribution is -2.37. The monoisotopic (exact) mass is 387 g/mol. The Morgan fingerprint density at radius 3 is 2.78 bits per heavy atom. The zero-order chi connectivity index (χ0) is 19.1. The second-order valence-electron chi connectivity index (χ2n) is 6.30. The summed E-state index contributed by atoms with van der Waals surface area (Å²) in [6.45, 7) is -0.0185. The van der Waals surface area contributed by atoms with Crippen molar-refractivity contribution in [3.63, 3.8) is 0 Å². The fourth-order valence-electron chi connectivity index (χ4n) is 3.52. The van der Waals surface area contributed by atoms with Crippen LogP contribution in [0.3, 0.4) is 0 Å². The number of amides is 1. The van der Waals surface area contributed by atoms with E-state index in [0.717, 1.165) is 5.56 Å². The molecular formula is C20H15ClFNO4. The lowest BCUT2D eigenvalue weighted by Gasteiger charge is -2.32. The molecule has 4 rings (SSSR count). The molecule has 0 radical (unpaired) electrons. The molecule has 138 valence electrons. The topological polar surface area (TPSA) is 55.8 Å². The normalized spacial score (nSPS) is 19.2. The van der Waals surface area contributed by atoms with Gasteiger partial charge in [-0.3, -0.25) is 9.69 Å².